The van der Waals surface area contributed by atoms with Crippen LogP contribution >= 0.6 is 0 Å². The second-order valence-corrected chi connectivity index (χ2v) is 7.95. The van der Waals surface area contributed by atoms with Crippen LogP contribution in [0.25, 0.3) is 11.1 Å². The van der Waals surface area contributed by atoms with Gasteiger partial charge in [0.25, 0.3) is 5.91 Å². The molecule has 0 aliphatic heterocycles. The number of esters is 1. The van der Waals surface area contributed by atoms with Gasteiger partial charge in [-0.3, -0.25) is 4.79 Å². The summed E-state index contributed by atoms with van der Waals surface area (Å²) in [5.41, 5.74) is 2.47. The molecule has 30 heavy (non-hydrogen) atoms. The molecule has 1 heterocycles. The van der Waals surface area contributed by atoms with Gasteiger partial charge in [0.05, 0.1) is 11.8 Å². The van der Waals surface area contributed by atoms with Crippen molar-refractivity contribution >= 4 is 17.6 Å². The molecule has 0 bridgehead atoms. The minimum Gasteiger partial charge on any atom is -0.456 e. The summed E-state index contributed by atoms with van der Waals surface area (Å²) >= 11 is 0. The fourth-order valence-corrected chi connectivity index (χ4v) is 2.87. The second-order valence-electron chi connectivity index (χ2n) is 7.95. The zero-order valence-corrected chi connectivity index (χ0v) is 17.3. The Labute approximate surface area is 174 Å². The third-order valence-electron chi connectivity index (χ3n) is 4.18. The molecule has 0 aliphatic rings. The first kappa shape index (κ1) is 21.2. The number of halogens is 1. The van der Waals surface area contributed by atoms with Crippen molar-refractivity contribution in [3.63, 3.8) is 0 Å². The van der Waals surface area contributed by atoms with E-state index in [1.807, 2.05) is 25.1 Å². The normalized spacial score (nSPS) is 11.1. The number of aryl methyl sites for hydroxylation is 1. The summed E-state index contributed by atoms with van der Waals surface area (Å²) in [4.78, 5) is 28.9. The lowest BCUT2D eigenvalue weighted by Crippen LogP contribution is -2.23. The van der Waals surface area contributed by atoms with E-state index in [4.69, 9.17) is 4.74 Å². The van der Waals surface area contributed by atoms with Crippen LogP contribution in [-0.2, 0) is 4.74 Å². The molecule has 1 N–H and O–H groups in total. The third-order valence-corrected chi connectivity index (χ3v) is 4.18. The van der Waals surface area contributed by atoms with Crippen molar-refractivity contribution in [2.24, 2.45) is 0 Å². The van der Waals surface area contributed by atoms with Crippen LogP contribution in [0, 0.1) is 12.7 Å². The van der Waals surface area contributed by atoms with E-state index in [0.717, 1.165) is 11.8 Å². The summed E-state index contributed by atoms with van der Waals surface area (Å²) in [7, 11) is 0. The Morgan fingerprint density at radius 2 is 1.73 bits per heavy atom. The summed E-state index contributed by atoms with van der Waals surface area (Å²) in [6, 6.07) is 15.1. The highest BCUT2D eigenvalue weighted by Gasteiger charge is 2.19. The van der Waals surface area contributed by atoms with Crippen molar-refractivity contribution in [2.75, 3.05) is 5.32 Å². The van der Waals surface area contributed by atoms with Crippen LogP contribution in [-0.4, -0.2) is 22.5 Å². The largest absolute Gasteiger partial charge is 0.456 e. The van der Waals surface area contributed by atoms with Crippen LogP contribution in [0.5, 0.6) is 0 Å². The molecule has 0 saturated heterocycles. The van der Waals surface area contributed by atoms with Crippen molar-refractivity contribution in [3.05, 3.63) is 83.4 Å². The zero-order valence-electron chi connectivity index (χ0n) is 17.3. The standard InChI is InChI=1S/C24H23FN2O3/c1-15-6-5-7-17(12-15)20-13-18(25)14-26-21(20)22(28)27-19-10-8-16(9-11-19)23(29)30-24(2,3)4/h5-14H,1-4H3,(H,27,28). The number of hydrogen-bond donors (Lipinski definition) is 1. The maximum atomic E-state index is 13.8. The Bertz CT molecular complexity index is 1090. The van der Waals surface area contributed by atoms with Crippen molar-refractivity contribution in [1.82, 2.24) is 4.98 Å². The maximum Gasteiger partial charge on any atom is 0.338 e. The molecule has 2 aromatic carbocycles. The van der Waals surface area contributed by atoms with E-state index in [1.165, 1.54) is 6.07 Å². The van der Waals surface area contributed by atoms with Gasteiger partial charge in [0.2, 0.25) is 0 Å². The summed E-state index contributed by atoms with van der Waals surface area (Å²) in [5, 5.41) is 2.74. The minimum atomic E-state index is -0.593. The summed E-state index contributed by atoms with van der Waals surface area (Å²) in [6.45, 7) is 7.30. The second kappa shape index (κ2) is 8.45. The molecule has 3 rings (SSSR count). The molecule has 1 amide bonds. The van der Waals surface area contributed by atoms with E-state index in [9.17, 15) is 14.0 Å². The lowest BCUT2D eigenvalue weighted by molar-refractivity contribution is 0.00695. The quantitative estimate of drug-likeness (QED) is 0.589. The smallest absolute Gasteiger partial charge is 0.338 e. The van der Waals surface area contributed by atoms with Crippen LogP contribution in [0.15, 0.2) is 60.8 Å². The monoisotopic (exact) mass is 406 g/mol. The number of hydrogen-bond acceptors (Lipinski definition) is 4. The topological polar surface area (TPSA) is 68.3 Å². The number of aromatic nitrogens is 1. The summed E-state index contributed by atoms with van der Waals surface area (Å²) < 4.78 is 19.2. The molecule has 0 aliphatic carbocycles. The molecule has 1 aromatic heterocycles. The van der Waals surface area contributed by atoms with Crippen molar-refractivity contribution in [3.8, 4) is 11.1 Å². The van der Waals surface area contributed by atoms with E-state index < -0.39 is 23.3 Å². The first-order valence-corrected chi connectivity index (χ1v) is 9.50. The lowest BCUT2D eigenvalue weighted by atomic mass is 10.0. The number of ether oxygens (including phenoxy) is 1. The number of pyridine rings is 1. The molecule has 0 fully saturated rings. The number of amides is 1. The average molecular weight is 406 g/mol. The Morgan fingerprint density at radius 3 is 2.37 bits per heavy atom. The number of carbonyl (C=O) groups excluding carboxylic acids is 2. The minimum absolute atomic E-state index is 0.109. The van der Waals surface area contributed by atoms with Gasteiger partial charge in [-0.2, -0.15) is 0 Å². The number of carbonyl (C=O) groups is 2. The molecule has 3 aromatic rings. The van der Waals surface area contributed by atoms with Crippen molar-refractivity contribution in [2.45, 2.75) is 33.3 Å². The SMILES string of the molecule is Cc1cccc(-c2cc(F)cnc2C(=O)Nc2ccc(C(=O)OC(C)(C)C)cc2)c1. The molecule has 5 nitrogen and oxygen atoms in total. The van der Waals surface area contributed by atoms with Crippen LogP contribution in [0.3, 0.4) is 0 Å². The van der Waals surface area contributed by atoms with E-state index in [1.54, 1.807) is 51.1 Å². The molecule has 0 saturated carbocycles. The van der Waals surface area contributed by atoms with Crippen LogP contribution in [0.4, 0.5) is 10.1 Å². The lowest BCUT2D eigenvalue weighted by Gasteiger charge is -2.19. The predicted octanol–water partition coefficient (Wildman–Crippen LogP) is 5.40. The first-order valence-electron chi connectivity index (χ1n) is 9.50. The maximum absolute atomic E-state index is 13.8. The van der Waals surface area contributed by atoms with Gasteiger partial charge in [-0.1, -0.05) is 29.8 Å². The van der Waals surface area contributed by atoms with Crippen LogP contribution < -0.4 is 5.32 Å². The highest BCUT2D eigenvalue weighted by atomic mass is 19.1. The fraction of sp³-hybridized carbons (Fsp3) is 0.208. The zero-order chi connectivity index (χ0) is 21.9. The van der Waals surface area contributed by atoms with Gasteiger partial charge in [0, 0.05) is 11.3 Å². The van der Waals surface area contributed by atoms with Gasteiger partial charge in [-0.05, 0) is 63.6 Å². The van der Waals surface area contributed by atoms with Gasteiger partial charge in [-0.25, -0.2) is 14.2 Å². The predicted molar refractivity (Wildman–Crippen MR) is 114 cm³/mol. The van der Waals surface area contributed by atoms with E-state index in [2.05, 4.69) is 10.3 Å². The molecular weight excluding hydrogens is 383 g/mol. The molecule has 0 atom stereocenters. The molecular formula is C24H23FN2O3. The van der Waals surface area contributed by atoms with Crippen LogP contribution in [0.1, 0.15) is 47.2 Å². The van der Waals surface area contributed by atoms with Gasteiger partial charge >= 0.3 is 5.97 Å². The highest BCUT2D eigenvalue weighted by molar-refractivity contribution is 6.07. The van der Waals surface area contributed by atoms with Crippen molar-refractivity contribution in [1.29, 1.82) is 0 Å². The first-order chi connectivity index (χ1) is 14.1. The number of rotatable bonds is 4. The third kappa shape index (κ3) is 5.29. The average Bonchev–Trinajstić information content (AvgIpc) is 2.67. The molecule has 0 spiro atoms. The fourth-order valence-electron chi connectivity index (χ4n) is 2.87. The Balaban J connectivity index is 1.82. The number of nitrogens with one attached hydrogen (secondary N) is 1. The van der Waals surface area contributed by atoms with E-state index >= 15 is 0 Å². The van der Waals surface area contributed by atoms with E-state index in [-0.39, 0.29) is 5.69 Å². The van der Waals surface area contributed by atoms with Gasteiger partial charge < -0.3 is 10.1 Å². The molecule has 154 valence electrons. The van der Waals surface area contributed by atoms with Gasteiger partial charge in [0.15, 0.2) is 0 Å². The summed E-state index contributed by atoms with van der Waals surface area (Å²) in [6.07, 6.45) is 1.01. The Morgan fingerprint density at radius 1 is 1.03 bits per heavy atom. The Kier molecular flexibility index (Phi) is 5.96. The molecule has 6 heteroatoms. The van der Waals surface area contributed by atoms with Gasteiger partial charge in [0.1, 0.15) is 17.1 Å². The van der Waals surface area contributed by atoms with Crippen LogP contribution in [0.2, 0.25) is 0 Å². The number of anilines is 1. The van der Waals surface area contributed by atoms with Crippen molar-refractivity contribution < 1.29 is 18.7 Å². The highest BCUT2D eigenvalue weighted by Crippen LogP contribution is 2.25. The van der Waals surface area contributed by atoms with Gasteiger partial charge in [-0.15, -0.1) is 0 Å². The molecule has 0 radical (unpaired) electrons. The molecule has 0 unspecified atom stereocenters. The number of nitrogens with zero attached hydrogens (tertiary/aromatic N) is 1. The Hall–Kier alpha value is -3.54. The number of benzene rings is 2. The van der Waals surface area contributed by atoms with E-state index in [0.29, 0.717) is 22.4 Å². The summed E-state index contributed by atoms with van der Waals surface area (Å²) in [5.74, 6) is -1.44.